The van der Waals surface area contributed by atoms with E-state index in [1.54, 1.807) is 13.1 Å². The van der Waals surface area contributed by atoms with Crippen LogP contribution in [0.25, 0.3) is 0 Å². The first-order valence-corrected chi connectivity index (χ1v) is 8.64. The largest absolute Gasteiger partial charge is 0.481 e. The first-order chi connectivity index (χ1) is 9.76. The summed E-state index contributed by atoms with van der Waals surface area (Å²) in [5.74, 6) is -1.51. The van der Waals surface area contributed by atoms with E-state index in [4.69, 9.17) is 5.11 Å². The van der Waals surface area contributed by atoms with E-state index in [0.717, 1.165) is 12.8 Å². The highest BCUT2D eigenvalue weighted by Gasteiger charge is 2.36. The second-order valence-electron chi connectivity index (χ2n) is 5.19. The van der Waals surface area contributed by atoms with Gasteiger partial charge in [-0.1, -0.05) is 6.08 Å². The molecule has 0 radical (unpaired) electrons. The van der Waals surface area contributed by atoms with E-state index >= 15 is 0 Å². The van der Waals surface area contributed by atoms with Crippen LogP contribution >= 0.6 is 0 Å². The van der Waals surface area contributed by atoms with Gasteiger partial charge in [-0.15, -0.1) is 6.58 Å². The molecule has 21 heavy (non-hydrogen) atoms. The van der Waals surface area contributed by atoms with E-state index in [1.165, 1.54) is 9.80 Å². The van der Waals surface area contributed by atoms with Gasteiger partial charge in [0.1, 0.15) is 0 Å². The number of carboxylic acid groups (broad SMARTS) is 1. The monoisotopic (exact) mass is 318 g/mol. The molecule has 0 aromatic rings. The third kappa shape index (κ3) is 5.37. The molecule has 0 aromatic carbocycles. The molecule has 0 aliphatic carbocycles. The average Bonchev–Trinajstić information content (AvgIpc) is 2.36. The molecule has 1 aliphatic rings. The molecule has 1 rings (SSSR count). The summed E-state index contributed by atoms with van der Waals surface area (Å²) in [6, 6.07) is -1.11. The summed E-state index contributed by atoms with van der Waals surface area (Å²) in [5.41, 5.74) is 0. The molecule has 1 saturated heterocycles. The molecule has 0 spiro atoms. The number of hydrogen-bond acceptors (Lipinski definition) is 4. The van der Waals surface area contributed by atoms with Crippen LogP contribution in [0.1, 0.15) is 19.3 Å². The van der Waals surface area contributed by atoms with Gasteiger partial charge in [-0.2, -0.15) is 0 Å². The van der Waals surface area contributed by atoms with Crippen molar-refractivity contribution < 1.29 is 23.1 Å². The Kier molecular flexibility index (Phi) is 6.19. The minimum Gasteiger partial charge on any atom is -0.481 e. The van der Waals surface area contributed by atoms with Gasteiger partial charge in [0.25, 0.3) is 0 Å². The number of hydrogen-bond donors (Lipinski definition) is 1. The lowest BCUT2D eigenvalue weighted by Gasteiger charge is -2.37. The topological polar surface area (TPSA) is 95.0 Å². The van der Waals surface area contributed by atoms with Crippen molar-refractivity contribution in [2.45, 2.75) is 25.3 Å². The molecular weight excluding hydrogens is 296 g/mol. The maximum absolute atomic E-state index is 12.3. The lowest BCUT2D eigenvalue weighted by atomic mass is 10.2. The van der Waals surface area contributed by atoms with Gasteiger partial charge < -0.3 is 14.9 Å². The van der Waals surface area contributed by atoms with Crippen molar-refractivity contribution in [2.24, 2.45) is 0 Å². The van der Waals surface area contributed by atoms with Crippen LogP contribution in [0.3, 0.4) is 0 Å². The van der Waals surface area contributed by atoms with E-state index in [0.29, 0.717) is 6.54 Å². The minimum atomic E-state index is -3.28. The summed E-state index contributed by atoms with van der Waals surface area (Å²) in [5, 5.41) is 8.89. The molecule has 0 saturated carbocycles. The zero-order valence-electron chi connectivity index (χ0n) is 12.2. The zero-order chi connectivity index (χ0) is 16.0. The van der Waals surface area contributed by atoms with Gasteiger partial charge in [-0.3, -0.25) is 4.79 Å². The molecule has 120 valence electrons. The Morgan fingerprint density at radius 3 is 2.71 bits per heavy atom. The van der Waals surface area contributed by atoms with Gasteiger partial charge in [-0.25, -0.2) is 13.2 Å². The van der Waals surface area contributed by atoms with Crippen molar-refractivity contribution in [3.8, 4) is 0 Å². The normalized spacial score (nSPS) is 20.8. The van der Waals surface area contributed by atoms with E-state index in [9.17, 15) is 18.0 Å². The molecule has 1 heterocycles. The van der Waals surface area contributed by atoms with E-state index in [1.807, 2.05) is 0 Å². The van der Waals surface area contributed by atoms with Crippen molar-refractivity contribution >= 4 is 21.8 Å². The molecule has 8 heteroatoms. The van der Waals surface area contributed by atoms with E-state index in [-0.39, 0.29) is 30.5 Å². The first-order valence-electron chi connectivity index (χ1n) is 6.81. The second kappa shape index (κ2) is 7.44. The van der Waals surface area contributed by atoms with Gasteiger partial charge in [0.2, 0.25) is 0 Å². The summed E-state index contributed by atoms with van der Waals surface area (Å²) in [7, 11) is -1.65. The highest BCUT2D eigenvalue weighted by molar-refractivity contribution is 7.91. The molecule has 0 aromatic heterocycles. The van der Waals surface area contributed by atoms with Crippen LogP contribution in [0, 0.1) is 0 Å². The predicted octanol–water partition coefficient (Wildman–Crippen LogP) is 0.578. The zero-order valence-corrected chi connectivity index (χ0v) is 13.0. The van der Waals surface area contributed by atoms with Crippen LogP contribution in [0.4, 0.5) is 4.79 Å². The fourth-order valence-corrected chi connectivity index (χ4v) is 3.82. The molecular formula is C13H22N2O5S. The van der Waals surface area contributed by atoms with Gasteiger partial charge in [0.15, 0.2) is 9.84 Å². The number of amides is 2. The van der Waals surface area contributed by atoms with Crippen molar-refractivity contribution in [1.82, 2.24) is 9.80 Å². The maximum Gasteiger partial charge on any atom is 0.320 e. The number of carboxylic acids is 1. The number of carbonyl (C=O) groups excluding carboxylic acids is 1. The molecule has 0 bridgehead atoms. The number of nitrogens with zero attached hydrogens (tertiary/aromatic N) is 2. The molecule has 1 unspecified atom stereocenters. The minimum absolute atomic E-state index is 0.0465. The third-order valence-corrected chi connectivity index (χ3v) is 5.11. The van der Waals surface area contributed by atoms with Crippen LogP contribution in [0.2, 0.25) is 0 Å². The predicted molar refractivity (Wildman–Crippen MR) is 78.9 cm³/mol. The van der Waals surface area contributed by atoms with Gasteiger partial charge in [0, 0.05) is 20.1 Å². The highest BCUT2D eigenvalue weighted by atomic mass is 32.2. The standard InChI is InChI=1S/C13H22N2O5S/c1-3-4-5-6-14(2)13(18)15-7-8-21(19,20)10-11(15)9-12(16)17/h3,11H,1,4-10H2,2H3,(H,16,17). The molecule has 1 atom stereocenters. The Labute approximate surface area is 125 Å². The van der Waals surface area contributed by atoms with Crippen molar-refractivity contribution in [3.63, 3.8) is 0 Å². The number of unbranched alkanes of at least 4 members (excludes halogenated alkanes) is 1. The van der Waals surface area contributed by atoms with Crippen LogP contribution in [-0.4, -0.2) is 73.0 Å². The number of allylic oxidation sites excluding steroid dienone is 1. The average molecular weight is 318 g/mol. The summed E-state index contributed by atoms with van der Waals surface area (Å²) >= 11 is 0. The van der Waals surface area contributed by atoms with Crippen LogP contribution in [0.5, 0.6) is 0 Å². The second-order valence-corrected chi connectivity index (χ2v) is 7.42. The molecule has 1 N–H and O–H groups in total. The Bertz CT molecular complexity index is 503. The molecule has 1 fully saturated rings. The SMILES string of the molecule is C=CCCCN(C)C(=O)N1CCS(=O)(=O)CC1CC(=O)O. The highest BCUT2D eigenvalue weighted by Crippen LogP contribution is 2.17. The van der Waals surface area contributed by atoms with Gasteiger partial charge >= 0.3 is 12.0 Å². The van der Waals surface area contributed by atoms with Gasteiger partial charge in [0.05, 0.1) is 24.0 Å². The number of aliphatic carboxylic acids is 1. The third-order valence-electron chi connectivity index (χ3n) is 3.41. The Morgan fingerprint density at radius 2 is 2.14 bits per heavy atom. The lowest BCUT2D eigenvalue weighted by Crippen LogP contribution is -2.55. The Hall–Kier alpha value is -1.57. The Morgan fingerprint density at radius 1 is 1.48 bits per heavy atom. The van der Waals surface area contributed by atoms with Crippen LogP contribution in [0.15, 0.2) is 12.7 Å². The maximum atomic E-state index is 12.3. The van der Waals surface area contributed by atoms with E-state index < -0.39 is 21.8 Å². The van der Waals surface area contributed by atoms with E-state index in [2.05, 4.69) is 6.58 Å². The van der Waals surface area contributed by atoms with Crippen LogP contribution in [-0.2, 0) is 14.6 Å². The van der Waals surface area contributed by atoms with Crippen molar-refractivity contribution in [2.75, 3.05) is 31.6 Å². The van der Waals surface area contributed by atoms with Crippen molar-refractivity contribution in [1.29, 1.82) is 0 Å². The lowest BCUT2D eigenvalue weighted by molar-refractivity contribution is -0.138. The smallest absolute Gasteiger partial charge is 0.320 e. The summed E-state index contributed by atoms with van der Waals surface area (Å²) in [6.45, 7) is 4.18. The van der Waals surface area contributed by atoms with Gasteiger partial charge in [-0.05, 0) is 12.8 Å². The molecule has 1 aliphatic heterocycles. The summed E-state index contributed by atoms with van der Waals surface area (Å²) in [4.78, 5) is 26.1. The number of carbonyl (C=O) groups is 2. The fourth-order valence-electron chi connectivity index (χ4n) is 2.30. The number of sulfone groups is 1. The van der Waals surface area contributed by atoms with Crippen molar-refractivity contribution in [3.05, 3.63) is 12.7 Å². The molecule has 2 amide bonds. The number of urea groups is 1. The quantitative estimate of drug-likeness (QED) is 0.571. The van der Waals surface area contributed by atoms with Crippen LogP contribution < -0.4 is 0 Å². The first kappa shape index (κ1) is 17.5. The fraction of sp³-hybridized carbons (Fsp3) is 0.692. The molecule has 7 nitrogen and oxygen atoms in total. The summed E-state index contributed by atoms with van der Waals surface area (Å²) in [6.07, 6.45) is 2.95. The Balaban J connectivity index is 2.74. The summed E-state index contributed by atoms with van der Waals surface area (Å²) < 4.78 is 23.3. The number of rotatable bonds is 6.